The Morgan fingerprint density at radius 2 is 2.10 bits per heavy atom. The fourth-order valence-electron chi connectivity index (χ4n) is 1.69. The van der Waals surface area contributed by atoms with Gasteiger partial charge in [0.2, 0.25) is 0 Å². The van der Waals surface area contributed by atoms with E-state index in [1.807, 2.05) is 0 Å². The molecular formula is C14H14N2O4. The summed E-state index contributed by atoms with van der Waals surface area (Å²) >= 11 is 0. The Morgan fingerprint density at radius 1 is 1.30 bits per heavy atom. The summed E-state index contributed by atoms with van der Waals surface area (Å²) in [6, 6.07) is 6.06. The molecule has 6 nitrogen and oxygen atoms in total. The first kappa shape index (κ1) is 13.7. The second-order valence-electron chi connectivity index (χ2n) is 4.29. The Morgan fingerprint density at radius 3 is 2.75 bits per heavy atom. The number of rotatable bonds is 4. The lowest BCUT2D eigenvalue weighted by Gasteiger charge is -2.10. The minimum absolute atomic E-state index is 0.0588. The van der Waals surface area contributed by atoms with Crippen molar-refractivity contribution < 1.29 is 19.1 Å². The van der Waals surface area contributed by atoms with E-state index in [-0.39, 0.29) is 11.3 Å². The Kier molecular flexibility index (Phi) is 4.05. The number of benzene rings is 1. The van der Waals surface area contributed by atoms with Crippen LogP contribution in [0.25, 0.3) is 0 Å². The van der Waals surface area contributed by atoms with E-state index in [1.54, 1.807) is 25.1 Å². The molecule has 0 aliphatic heterocycles. The number of aryl methyl sites for hydroxylation is 1. The number of anilines is 1. The molecule has 3 N–H and O–H groups in total. The maximum Gasteiger partial charge on any atom is 0.337 e. The minimum atomic E-state index is -1.08. The van der Waals surface area contributed by atoms with Crippen LogP contribution in [0.4, 0.5) is 10.5 Å². The Hall–Kier alpha value is -2.76. The molecule has 0 saturated heterocycles. The average molecular weight is 274 g/mol. The molecule has 0 radical (unpaired) electrons. The molecule has 0 bridgehead atoms. The Balaban J connectivity index is 2.02. The highest BCUT2D eigenvalue weighted by atomic mass is 16.4. The number of furan rings is 1. The topological polar surface area (TPSA) is 91.6 Å². The number of carbonyl (C=O) groups is 2. The van der Waals surface area contributed by atoms with Gasteiger partial charge in [-0.05, 0) is 25.1 Å². The number of carbonyl (C=O) groups excluding carboxylic acids is 1. The zero-order valence-corrected chi connectivity index (χ0v) is 10.8. The Labute approximate surface area is 115 Å². The third-order valence-corrected chi connectivity index (χ3v) is 2.69. The molecule has 2 rings (SSSR count). The van der Waals surface area contributed by atoms with Gasteiger partial charge in [-0.1, -0.05) is 11.6 Å². The molecule has 0 fully saturated rings. The van der Waals surface area contributed by atoms with E-state index in [1.165, 1.54) is 18.6 Å². The van der Waals surface area contributed by atoms with Crippen LogP contribution in [0.2, 0.25) is 0 Å². The highest BCUT2D eigenvalue weighted by Crippen LogP contribution is 2.17. The summed E-state index contributed by atoms with van der Waals surface area (Å²) < 4.78 is 4.88. The van der Waals surface area contributed by atoms with Crippen LogP contribution in [0.1, 0.15) is 21.5 Å². The first-order chi connectivity index (χ1) is 9.56. The molecule has 2 aromatic rings. The van der Waals surface area contributed by atoms with Crippen molar-refractivity contribution in [1.29, 1.82) is 0 Å². The van der Waals surface area contributed by atoms with E-state index in [9.17, 15) is 9.59 Å². The quantitative estimate of drug-likeness (QED) is 0.799. The van der Waals surface area contributed by atoms with E-state index < -0.39 is 12.0 Å². The van der Waals surface area contributed by atoms with Gasteiger partial charge >= 0.3 is 12.0 Å². The maximum absolute atomic E-state index is 11.7. The lowest BCUT2D eigenvalue weighted by atomic mass is 10.1. The molecule has 1 heterocycles. The second kappa shape index (κ2) is 5.92. The smallest absolute Gasteiger partial charge is 0.337 e. The number of hydrogen-bond donors (Lipinski definition) is 3. The summed E-state index contributed by atoms with van der Waals surface area (Å²) in [5.41, 5.74) is 1.95. The monoisotopic (exact) mass is 274 g/mol. The summed E-state index contributed by atoms with van der Waals surface area (Å²) in [4.78, 5) is 22.8. The van der Waals surface area contributed by atoms with E-state index in [0.717, 1.165) is 11.1 Å². The molecule has 104 valence electrons. The predicted octanol–water partition coefficient (Wildman–Crippen LogP) is 2.61. The lowest BCUT2D eigenvalue weighted by Crippen LogP contribution is -2.28. The summed E-state index contributed by atoms with van der Waals surface area (Å²) in [7, 11) is 0. The van der Waals surface area contributed by atoms with Crippen molar-refractivity contribution in [3.8, 4) is 0 Å². The van der Waals surface area contributed by atoms with Crippen molar-refractivity contribution in [2.24, 2.45) is 0 Å². The molecule has 6 heteroatoms. The molecule has 0 saturated carbocycles. The molecule has 1 aromatic heterocycles. The number of amides is 2. The number of nitrogens with one attached hydrogen (secondary N) is 2. The number of hydrogen-bond acceptors (Lipinski definition) is 3. The van der Waals surface area contributed by atoms with Crippen LogP contribution in [0, 0.1) is 6.92 Å². The van der Waals surface area contributed by atoms with E-state index in [0.29, 0.717) is 6.54 Å². The van der Waals surface area contributed by atoms with Crippen molar-refractivity contribution in [3.63, 3.8) is 0 Å². The molecule has 0 spiro atoms. The number of urea groups is 1. The zero-order chi connectivity index (χ0) is 14.5. The van der Waals surface area contributed by atoms with Crippen molar-refractivity contribution >= 4 is 17.7 Å². The number of carboxylic acid groups (broad SMARTS) is 1. The summed E-state index contributed by atoms with van der Waals surface area (Å²) in [6.07, 6.45) is 3.03. The summed E-state index contributed by atoms with van der Waals surface area (Å²) in [5.74, 6) is -1.08. The molecule has 0 aliphatic rings. The van der Waals surface area contributed by atoms with Gasteiger partial charge in [0, 0.05) is 12.1 Å². The normalized spacial score (nSPS) is 10.1. The van der Waals surface area contributed by atoms with Crippen LogP contribution in [-0.2, 0) is 6.54 Å². The van der Waals surface area contributed by atoms with Gasteiger partial charge in [-0.25, -0.2) is 9.59 Å². The first-order valence-electron chi connectivity index (χ1n) is 5.96. The van der Waals surface area contributed by atoms with Crippen molar-refractivity contribution in [3.05, 3.63) is 53.5 Å². The van der Waals surface area contributed by atoms with E-state index >= 15 is 0 Å². The molecule has 2 amide bonds. The van der Waals surface area contributed by atoms with Gasteiger partial charge in [0.1, 0.15) is 0 Å². The zero-order valence-electron chi connectivity index (χ0n) is 10.8. The molecule has 0 aliphatic carbocycles. The molecule has 1 aromatic carbocycles. The number of aromatic carboxylic acids is 1. The summed E-state index contributed by atoms with van der Waals surface area (Å²) in [6.45, 7) is 2.09. The minimum Gasteiger partial charge on any atom is -0.478 e. The highest BCUT2D eigenvalue weighted by molar-refractivity contribution is 6.00. The summed E-state index contributed by atoms with van der Waals surface area (Å²) in [5, 5.41) is 14.2. The van der Waals surface area contributed by atoms with Gasteiger partial charge in [-0.3, -0.25) is 0 Å². The van der Waals surface area contributed by atoms with Gasteiger partial charge in [0.05, 0.1) is 23.8 Å². The van der Waals surface area contributed by atoms with Crippen molar-refractivity contribution in [2.75, 3.05) is 5.32 Å². The molecule has 20 heavy (non-hydrogen) atoms. The highest BCUT2D eigenvalue weighted by Gasteiger charge is 2.12. The van der Waals surface area contributed by atoms with E-state index in [4.69, 9.17) is 9.52 Å². The molecular weight excluding hydrogens is 260 g/mol. The third kappa shape index (κ3) is 3.38. The van der Waals surface area contributed by atoms with Crippen LogP contribution in [0.15, 0.2) is 41.2 Å². The average Bonchev–Trinajstić information content (AvgIpc) is 2.91. The third-order valence-electron chi connectivity index (χ3n) is 2.69. The van der Waals surface area contributed by atoms with Gasteiger partial charge < -0.3 is 20.2 Å². The molecule has 0 atom stereocenters. The van der Waals surface area contributed by atoms with E-state index in [2.05, 4.69) is 10.6 Å². The van der Waals surface area contributed by atoms with Gasteiger partial charge in [-0.2, -0.15) is 0 Å². The standard InChI is InChI=1S/C14H14N2O4/c1-9-2-3-12(11(6-9)13(17)18)16-14(19)15-7-10-4-5-20-8-10/h2-6,8H,7H2,1H3,(H,17,18)(H2,15,16,19). The fraction of sp³-hybridized carbons (Fsp3) is 0.143. The van der Waals surface area contributed by atoms with Crippen LogP contribution in [0.5, 0.6) is 0 Å². The van der Waals surface area contributed by atoms with Crippen LogP contribution in [0.3, 0.4) is 0 Å². The first-order valence-corrected chi connectivity index (χ1v) is 5.96. The van der Waals surface area contributed by atoms with Crippen molar-refractivity contribution in [2.45, 2.75) is 13.5 Å². The maximum atomic E-state index is 11.7. The SMILES string of the molecule is Cc1ccc(NC(=O)NCc2ccoc2)c(C(=O)O)c1. The predicted molar refractivity (Wildman–Crippen MR) is 72.7 cm³/mol. The second-order valence-corrected chi connectivity index (χ2v) is 4.29. The largest absolute Gasteiger partial charge is 0.478 e. The Bertz CT molecular complexity index is 620. The van der Waals surface area contributed by atoms with Crippen LogP contribution >= 0.6 is 0 Å². The van der Waals surface area contributed by atoms with Crippen molar-refractivity contribution in [1.82, 2.24) is 5.32 Å². The van der Waals surface area contributed by atoms with Gasteiger partial charge in [0.15, 0.2) is 0 Å². The fourth-order valence-corrected chi connectivity index (χ4v) is 1.69. The van der Waals surface area contributed by atoms with Gasteiger partial charge in [0.25, 0.3) is 0 Å². The van der Waals surface area contributed by atoms with Gasteiger partial charge in [-0.15, -0.1) is 0 Å². The lowest BCUT2D eigenvalue weighted by molar-refractivity contribution is 0.0698. The number of carboxylic acids is 1. The van der Waals surface area contributed by atoms with Crippen LogP contribution in [-0.4, -0.2) is 17.1 Å². The van der Waals surface area contributed by atoms with Crippen LogP contribution < -0.4 is 10.6 Å². The molecule has 0 unspecified atom stereocenters.